The molecule has 1 heterocycles. The molecular formula is C13H20N2O2S. The first-order valence-corrected chi connectivity index (χ1v) is 8.06. The molecular weight excluding hydrogens is 248 g/mol. The highest BCUT2D eigenvalue weighted by Crippen LogP contribution is 2.11. The van der Waals surface area contributed by atoms with Crippen LogP contribution in [0.4, 0.5) is 0 Å². The van der Waals surface area contributed by atoms with Gasteiger partial charge in [0.25, 0.3) is 0 Å². The van der Waals surface area contributed by atoms with E-state index in [1.165, 1.54) is 11.8 Å². The van der Waals surface area contributed by atoms with Gasteiger partial charge in [-0.3, -0.25) is 0 Å². The van der Waals surface area contributed by atoms with Crippen LogP contribution in [0.25, 0.3) is 0 Å². The molecule has 1 fully saturated rings. The van der Waals surface area contributed by atoms with Crippen LogP contribution in [-0.4, -0.2) is 52.3 Å². The number of hydrogen-bond acceptors (Lipinski definition) is 4. The predicted molar refractivity (Wildman–Crippen MR) is 72.5 cm³/mol. The smallest absolute Gasteiger partial charge is 0.175 e. The number of hydrogen-bond donors (Lipinski definition) is 1. The molecule has 1 aliphatic heterocycles. The van der Waals surface area contributed by atoms with Crippen molar-refractivity contribution in [2.75, 3.05) is 32.9 Å². The predicted octanol–water partition coefficient (Wildman–Crippen LogP) is 0.536. The maximum Gasteiger partial charge on any atom is 0.175 e. The molecule has 1 N–H and O–H groups in total. The van der Waals surface area contributed by atoms with Gasteiger partial charge in [0.15, 0.2) is 9.84 Å². The highest BCUT2D eigenvalue weighted by molar-refractivity contribution is 7.90. The summed E-state index contributed by atoms with van der Waals surface area (Å²) in [5, 5.41) is 3.26. The average molecular weight is 268 g/mol. The third-order valence-electron chi connectivity index (χ3n) is 3.49. The molecule has 0 aliphatic carbocycles. The third kappa shape index (κ3) is 3.31. The first-order valence-electron chi connectivity index (χ1n) is 6.17. The van der Waals surface area contributed by atoms with E-state index in [0.717, 1.165) is 26.1 Å². The standard InChI is InChI=1S/C13H20N2O2S/c1-15(12-9-14-10-12)8-7-11-3-5-13(6-4-11)18(2,16)17/h3-6,12,14H,7-10H2,1-2H3. The Bertz CT molecular complexity index is 492. The number of nitrogens with one attached hydrogen (secondary N) is 1. The summed E-state index contributed by atoms with van der Waals surface area (Å²) in [7, 11) is -0.943. The van der Waals surface area contributed by atoms with E-state index in [4.69, 9.17) is 0 Å². The van der Waals surface area contributed by atoms with E-state index in [0.29, 0.717) is 10.9 Å². The molecule has 0 amide bonds. The number of benzene rings is 1. The van der Waals surface area contributed by atoms with Crippen molar-refractivity contribution in [1.29, 1.82) is 0 Å². The molecule has 2 rings (SSSR count). The highest BCUT2D eigenvalue weighted by Gasteiger charge is 2.20. The van der Waals surface area contributed by atoms with Gasteiger partial charge in [0.2, 0.25) is 0 Å². The Morgan fingerprint density at radius 1 is 1.28 bits per heavy atom. The highest BCUT2D eigenvalue weighted by atomic mass is 32.2. The van der Waals surface area contributed by atoms with Gasteiger partial charge in [-0.05, 0) is 31.2 Å². The molecule has 0 radical (unpaired) electrons. The second-order valence-corrected chi connectivity index (χ2v) is 6.97. The molecule has 4 nitrogen and oxygen atoms in total. The van der Waals surface area contributed by atoms with Gasteiger partial charge in [-0.1, -0.05) is 12.1 Å². The molecule has 1 aliphatic rings. The van der Waals surface area contributed by atoms with Crippen LogP contribution in [0, 0.1) is 0 Å². The number of nitrogens with zero attached hydrogens (tertiary/aromatic N) is 1. The lowest BCUT2D eigenvalue weighted by atomic mass is 10.1. The Labute approximate surface area is 109 Å². The minimum absolute atomic E-state index is 0.391. The van der Waals surface area contributed by atoms with E-state index in [9.17, 15) is 8.42 Å². The van der Waals surface area contributed by atoms with Crippen LogP contribution in [0.5, 0.6) is 0 Å². The average Bonchev–Trinajstić information content (AvgIpc) is 2.23. The maximum absolute atomic E-state index is 11.3. The number of likely N-dealkylation sites (N-methyl/N-ethyl adjacent to an activating group) is 1. The Morgan fingerprint density at radius 2 is 1.89 bits per heavy atom. The van der Waals surface area contributed by atoms with Gasteiger partial charge >= 0.3 is 0 Å². The van der Waals surface area contributed by atoms with Crippen LogP contribution < -0.4 is 5.32 Å². The summed E-state index contributed by atoms with van der Waals surface area (Å²) in [6.45, 7) is 3.15. The monoisotopic (exact) mass is 268 g/mol. The van der Waals surface area contributed by atoms with E-state index in [1.807, 2.05) is 12.1 Å². The van der Waals surface area contributed by atoms with Crippen LogP contribution >= 0.6 is 0 Å². The lowest BCUT2D eigenvalue weighted by Gasteiger charge is -2.35. The largest absolute Gasteiger partial charge is 0.314 e. The van der Waals surface area contributed by atoms with Crippen molar-refractivity contribution >= 4 is 9.84 Å². The van der Waals surface area contributed by atoms with Crippen molar-refractivity contribution in [3.05, 3.63) is 29.8 Å². The molecule has 0 saturated carbocycles. The number of rotatable bonds is 5. The zero-order valence-corrected chi connectivity index (χ0v) is 11.7. The molecule has 1 saturated heterocycles. The van der Waals surface area contributed by atoms with Crippen molar-refractivity contribution in [3.8, 4) is 0 Å². The van der Waals surface area contributed by atoms with E-state index in [1.54, 1.807) is 12.1 Å². The maximum atomic E-state index is 11.3. The first kappa shape index (κ1) is 13.5. The molecule has 1 aromatic rings. The zero-order chi connectivity index (χ0) is 13.2. The van der Waals surface area contributed by atoms with Gasteiger partial charge in [-0.2, -0.15) is 0 Å². The minimum Gasteiger partial charge on any atom is -0.314 e. The molecule has 0 aromatic heterocycles. The summed E-state index contributed by atoms with van der Waals surface area (Å²) >= 11 is 0. The fourth-order valence-corrected chi connectivity index (χ4v) is 2.61. The molecule has 18 heavy (non-hydrogen) atoms. The van der Waals surface area contributed by atoms with Gasteiger partial charge in [0.05, 0.1) is 4.90 Å². The minimum atomic E-state index is -3.08. The van der Waals surface area contributed by atoms with Crippen molar-refractivity contribution in [1.82, 2.24) is 10.2 Å². The molecule has 0 spiro atoms. The van der Waals surface area contributed by atoms with Crippen LogP contribution in [-0.2, 0) is 16.3 Å². The third-order valence-corrected chi connectivity index (χ3v) is 4.62. The zero-order valence-electron chi connectivity index (χ0n) is 10.9. The van der Waals surface area contributed by atoms with E-state index in [2.05, 4.69) is 17.3 Å². The Hall–Kier alpha value is -0.910. The van der Waals surface area contributed by atoms with Crippen molar-refractivity contribution < 1.29 is 8.42 Å². The molecule has 0 bridgehead atoms. The summed E-state index contributed by atoms with van der Waals surface area (Å²) < 4.78 is 22.7. The summed E-state index contributed by atoms with van der Waals surface area (Å²) in [6, 6.07) is 7.85. The van der Waals surface area contributed by atoms with Crippen LogP contribution in [0.2, 0.25) is 0 Å². The SMILES string of the molecule is CN(CCc1ccc(S(C)(=O)=O)cc1)C1CNC1. The lowest BCUT2D eigenvalue weighted by Crippen LogP contribution is -2.56. The normalized spacial score (nSPS) is 16.8. The second-order valence-electron chi connectivity index (χ2n) is 4.96. The fraction of sp³-hybridized carbons (Fsp3) is 0.538. The van der Waals surface area contributed by atoms with E-state index in [-0.39, 0.29) is 0 Å². The Morgan fingerprint density at radius 3 is 2.33 bits per heavy atom. The molecule has 5 heteroatoms. The Kier molecular flexibility index (Phi) is 4.04. The molecule has 100 valence electrons. The molecule has 0 unspecified atom stereocenters. The van der Waals surface area contributed by atoms with Gasteiger partial charge in [-0.25, -0.2) is 8.42 Å². The molecule has 1 aromatic carbocycles. The van der Waals surface area contributed by atoms with Gasteiger partial charge in [0, 0.05) is 31.9 Å². The first-order chi connectivity index (χ1) is 8.47. The van der Waals surface area contributed by atoms with Crippen LogP contribution in [0.3, 0.4) is 0 Å². The summed E-state index contributed by atoms with van der Waals surface area (Å²) in [5.41, 5.74) is 1.18. The van der Waals surface area contributed by atoms with Crippen LogP contribution in [0.1, 0.15) is 5.56 Å². The van der Waals surface area contributed by atoms with E-state index < -0.39 is 9.84 Å². The summed E-state index contributed by atoms with van der Waals surface area (Å²) in [5.74, 6) is 0. The van der Waals surface area contributed by atoms with Gasteiger partial charge in [-0.15, -0.1) is 0 Å². The van der Waals surface area contributed by atoms with Gasteiger partial charge < -0.3 is 10.2 Å². The lowest BCUT2D eigenvalue weighted by molar-refractivity contribution is 0.182. The fourth-order valence-electron chi connectivity index (χ4n) is 1.98. The van der Waals surface area contributed by atoms with E-state index >= 15 is 0 Å². The topological polar surface area (TPSA) is 49.4 Å². The van der Waals surface area contributed by atoms with Crippen molar-refractivity contribution in [2.24, 2.45) is 0 Å². The molecule has 0 atom stereocenters. The van der Waals surface area contributed by atoms with Crippen molar-refractivity contribution in [2.45, 2.75) is 17.4 Å². The Balaban J connectivity index is 1.90. The summed E-state index contributed by atoms with van der Waals surface area (Å²) in [4.78, 5) is 2.74. The van der Waals surface area contributed by atoms with Crippen LogP contribution in [0.15, 0.2) is 29.2 Å². The van der Waals surface area contributed by atoms with Crippen molar-refractivity contribution in [3.63, 3.8) is 0 Å². The van der Waals surface area contributed by atoms with Gasteiger partial charge in [0.1, 0.15) is 0 Å². The quantitative estimate of drug-likeness (QED) is 0.846. The number of sulfone groups is 1. The second kappa shape index (κ2) is 5.38. The summed E-state index contributed by atoms with van der Waals surface area (Å²) in [6.07, 6.45) is 2.19.